The average Bonchev–Trinajstić information content (AvgIpc) is 2.49. The third-order valence-corrected chi connectivity index (χ3v) is 4.15. The Hall–Kier alpha value is -1.77. The Bertz CT molecular complexity index is 675. The summed E-state index contributed by atoms with van der Waals surface area (Å²) in [6.07, 6.45) is 0. The van der Waals surface area contributed by atoms with Crippen molar-refractivity contribution in [3.8, 4) is 0 Å². The second kappa shape index (κ2) is 6.79. The molecule has 0 radical (unpaired) electrons. The molecule has 21 heavy (non-hydrogen) atoms. The summed E-state index contributed by atoms with van der Waals surface area (Å²) >= 11 is 0. The zero-order valence-corrected chi connectivity index (χ0v) is 13.9. The first kappa shape index (κ1) is 15.6. The Morgan fingerprint density at radius 3 is 2.24 bits per heavy atom. The second-order valence-electron chi connectivity index (χ2n) is 5.29. The van der Waals surface area contributed by atoms with Crippen LogP contribution in [0.3, 0.4) is 0 Å². The fourth-order valence-corrected chi connectivity index (χ4v) is 2.80. The fraction of sp³-hybridized carbons (Fsp3) is 0.500. The molecule has 3 heteroatoms. The summed E-state index contributed by atoms with van der Waals surface area (Å²) in [6, 6.07) is 8.68. The lowest BCUT2D eigenvalue weighted by Gasteiger charge is -2.21. The van der Waals surface area contributed by atoms with Crippen LogP contribution in [0.15, 0.2) is 28.7 Å². The highest BCUT2D eigenvalue weighted by Crippen LogP contribution is 2.23. The second-order valence-corrected chi connectivity index (χ2v) is 5.29. The molecule has 1 heterocycles. The van der Waals surface area contributed by atoms with Crippen LogP contribution in [0.25, 0.3) is 11.0 Å². The lowest BCUT2D eigenvalue weighted by molar-refractivity contribution is 0.455. The smallest absolute Gasteiger partial charge is 0.368 e. The molecule has 3 nitrogen and oxygen atoms in total. The van der Waals surface area contributed by atoms with Crippen LogP contribution < -0.4 is 15.0 Å². The average molecular weight is 287 g/mol. The van der Waals surface area contributed by atoms with Gasteiger partial charge in [-0.15, -0.1) is 0 Å². The van der Waals surface area contributed by atoms with Crippen LogP contribution >= 0.6 is 0 Å². The number of anilines is 1. The van der Waals surface area contributed by atoms with Crippen molar-refractivity contribution in [1.29, 1.82) is 0 Å². The highest BCUT2D eigenvalue weighted by atomic mass is 16.3. The van der Waals surface area contributed by atoms with Gasteiger partial charge in [0.1, 0.15) is 18.7 Å². The van der Waals surface area contributed by atoms with Gasteiger partial charge in [0, 0.05) is 30.2 Å². The molecule has 0 aliphatic carbocycles. The molecule has 0 unspecified atom stereocenters. The van der Waals surface area contributed by atoms with Crippen LogP contribution in [-0.4, -0.2) is 26.2 Å². The molecule has 0 bridgehead atoms. The van der Waals surface area contributed by atoms with E-state index < -0.39 is 0 Å². The molecule has 0 spiro atoms. The molecule has 0 aliphatic heterocycles. The minimum absolute atomic E-state index is 0.959. The Labute approximate surface area is 127 Å². The van der Waals surface area contributed by atoms with E-state index >= 15 is 0 Å². The van der Waals surface area contributed by atoms with Gasteiger partial charge < -0.3 is 9.32 Å². The number of hydrogen-bond acceptors (Lipinski definition) is 2. The predicted octanol–water partition coefficient (Wildman–Crippen LogP) is 3.40. The molecule has 0 aliphatic rings. The van der Waals surface area contributed by atoms with Gasteiger partial charge >= 0.3 is 5.55 Å². The molecule has 2 aromatic rings. The Kier molecular flexibility index (Phi) is 5.05. The quantitative estimate of drug-likeness (QED) is 0.785. The summed E-state index contributed by atoms with van der Waals surface area (Å²) < 4.78 is 8.41. The third kappa shape index (κ3) is 3.12. The first-order chi connectivity index (χ1) is 10.1. The minimum atomic E-state index is 0.959. The van der Waals surface area contributed by atoms with Crippen molar-refractivity contribution in [2.24, 2.45) is 0 Å². The molecular weight excluding hydrogens is 260 g/mol. The summed E-state index contributed by atoms with van der Waals surface area (Å²) in [5.41, 5.74) is 4.43. The molecule has 0 fully saturated rings. The maximum Gasteiger partial charge on any atom is 0.368 e. The summed E-state index contributed by atoms with van der Waals surface area (Å²) in [5.74, 6) is 0. The monoisotopic (exact) mass is 287 g/mol. The van der Waals surface area contributed by atoms with Gasteiger partial charge in [0.15, 0.2) is 0 Å². The molecule has 0 saturated heterocycles. The minimum Gasteiger partial charge on any atom is -0.405 e. The Morgan fingerprint density at radius 1 is 1.00 bits per heavy atom. The van der Waals surface area contributed by atoms with E-state index in [1.807, 2.05) is 0 Å². The van der Waals surface area contributed by atoms with Gasteiger partial charge in [-0.05, 0) is 52.3 Å². The molecule has 0 N–H and O–H groups in total. The lowest BCUT2D eigenvalue weighted by atomic mass is 10.1. The van der Waals surface area contributed by atoms with Gasteiger partial charge in [0.25, 0.3) is 0 Å². The molecule has 0 saturated carbocycles. The highest BCUT2D eigenvalue weighted by molar-refractivity contribution is 5.83. The standard InChI is InChI=1S/C18H27N2O/c1-6-19(7-2)15-10-11-16-14(5)12-18(20(8-3)9-4)21-17(16)13-15/h10-13H,6-9H2,1-5H3/q+1. The molecule has 1 aromatic carbocycles. The maximum atomic E-state index is 6.17. The van der Waals surface area contributed by atoms with E-state index in [2.05, 4.69) is 68.4 Å². The van der Waals surface area contributed by atoms with Gasteiger partial charge in [-0.25, -0.2) is 0 Å². The van der Waals surface area contributed by atoms with Crippen LogP contribution in [0.4, 0.5) is 5.69 Å². The van der Waals surface area contributed by atoms with E-state index in [0.29, 0.717) is 0 Å². The van der Waals surface area contributed by atoms with E-state index in [1.54, 1.807) is 0 Å². The highest BCUT2D eigenvalue weighted by Gasteiger charge is 2.09. The summed E-state index contributed by atoms with van der Waals surface area (Å²) in [4.78, 5) is 2.34. The van der Waals surface area contributed by atoms with Crippen LogP contribution in [0, 0.1) is 6.92 Å². The van der Waals surface area contributed by atoms with Crippen molar-refractivity contribution in [1.82, 2.24) is 4.58 Å². The Morgan fingerprint density at radius 2 is 1.67 bits per heavy atom. The fourth-order valence-electron chi connectivity index (χ4n) is 2.80. The predicted molar refractivity (Wildman–Crippen MR) is 90.9 cm³/mol. The van der Waals surface area contributed by atoms with Gasteiger partial charge in [-0.2, -0.15) is 4.58 Å². The third-order valence-electron chi connectivity index (χ3n) is 4.15. The van der Waals surface area contributed by atoms with E-state index in [0.717, 1.165) is 37.3 Å². The zero-order chi connectivity index (χ0) is 15.4. The Balaban J connectivity index is 2.68. The largest absolute Gasteiger partial charge is 0.405 e. The van der Waals surface area contributed by atoms with Crippen molar-refractivity contribution in [2.75, 3.05) is 31.1 Å². The molecule has 1 aromatic heterocycles. The number of benzene rings is 1. The van der Waals surface area contributed by atoms with Gasteiger partial charge in [0.2, 0.25) is 0 Å². The molecule has 2 rings (SSSR count). The maximum absolute atomic E-state index is 6.17. The molecular formula is C18H27N2O+. The first-order valence-corrected chi connectivity index (χ1v) is 8.01. The van der Waals surface area contributed by atoms with Crippen molar-refractivity contribution in [3.05, 3.63) is 35.4 Å². The van der Waals surface area contributed by atoms with E-state index in [9.17, 15) is 0 Å². The summed E-state index contributed by atoms with van der Waals surface area (Å²) in [7, 11) is 0. The lowest BCUT2D eigenvalue weighted by Crippen LogP contribution is -2.29. The first-order valence-electron chi connectivity index (χ1n) is 8.01. The molecule has 0 atom stereocenters. The van der Waals surface area contributed by atoms with Crippen LogP contribution in [-0.2, 0) is 0 Å². The topological polar surface area (TPSA) is 19.4 Å². The van der Waals surface area contributed by atoms with Crippen LogP contribution in [0.5, 0.6) is 0 Å². The van der Waals surface area contributed by atoms with E-state index in [1.165, 1.54) is 16.6 Å². The normalized spacial score (nSPS) is 10.9. The molecule has 114 valence electrons. The van der Waals surface area contributed by atoms with Crippen LogP contribution in [0.1, 0.15) is 33.3 Å². The SMILES string of the molecule is CCN(CC)c1ccc2c(C)cc(=[N+](CC)CC)oc2c1. The van der Waals surface area contributed by atoms with Gasteiger partial charge in [-0.1, -0.05) is 0 Å². The van der Waals surface area contributed by atoms with E-state index in [4.69, 9.17) is 4.42 Å². The number of hydrogen-bond donors (Lipinski definition) is 0. The van der Waals surface area contributed by atoms with Crippen molar-refractivity contribution < 1.29 is 4.42 Å². The number of fused-ring (bicyclic) bond motifs is 1. The van der Waals surface area contributed by atoms with Crippen molar-refractivity contribution in [3.63, 3.8) is 0 Å². The zero-order valence-electron chi connectivity index (χ0n) is 13.9. The van der Waals surface area contributed by atoms with Crippen LogP contribution in [0.2, 0.25) is 0 Å². The summed E-state index contributed by atoms with van der Waals surface area (Å²) in [6.45, 7) is 14.8. The van der Waals surface area contributed by atoms with Gasteiger partial charge in [0.05, 0.1) is 6.07 Å². The number of aryl methyl sites for hydroxylation is 1. The summed E-state index contributed by atoms with van der Waals surface area (Å²) in [5, 5.41) is 1.20. The van der Waals surface area contributed by atoms with Gasteiger partial charge in [-0.3, -0.25) is 0 Å². The van der Waals surface area contributed by atoms with Crippen molar-refractivity contribution in [2.45, 2.75) is 34.6 Å². The molecule has 0 amide bonds. The van der Waals surface area contributed by atoms with Crippen molar-refractivity contribution >= 4 is 16.7 Å². The number of rotatable bonds is 5. The van der Waals surface area contributed by atoms with E-state index in [-0.39, 0.29) is 0 Å². The number of nitrogens with zero attached hydrogens (tertiary/aromatic N) is 2.